The van der Waals surface area contributed by atoms with Crippen molar-refractivity contribution in [1.29, 1.82) is 1.23 Å². The van der Waals surface area contributed by atoms with Gasteiger partial charge < -0.3 is 0 Å². The highest BCUT2D eigenvalue weighted by Gasteiger charge is 2.37. The molecule has 17 heavy (non-hydrogen) atoms. The molecule has 1 aliphatic heterocycles. The van der Waals surface area contributed by atoms with Crippen molar-refractivity contribution in [2.75, 3.05) is 0 Å². The average molecular weight is 255 g/mol. The van der Waals surface area contributed by atoms with E-state index in [4.69, 9.17) is 1.23 Å². The Morgan fingerprint density at radius 1 is 0.882 bits per heavy atom. The van der Waals surface area contributed by atoms with Crippen LogP contribution in [0.1, 0.15) is 0 Å². The maximum Gasteiger partial charge on any atom is 0.111 e. The number of hydrogen-bond donors (Lipinski definition) is 0. The fourth-order valence-corrected chi connectivity index (χ4v) is 10.8. The van der Waals surface area contributed by atoms with E-state index < -0.39 is 16.8 Å². The lowest BCUT2D eigenvalue weighted by Crippen LogP contribution is -2.72. The van der Waals surface area contributed by atoms with Crippen molar-refractivity contribution in [1.82, 2.24) is 0 Å². The zero-order chi connectivity index (χ0) is 13.0. The van der Waals surface area contributed by atoms with E-state index in [9.17, 15) is 0 Å². The van der Waals surface area contributed by atoms with Crippen molar-refractivity contribution in [2.45, 2.75) is 19.6 Å². The standard InChI is InChI=1S/C15H18Si2/c1-16-12-8-4-6-10-14(12)17(2,3)15-11-7-5-9-13(15)16/h4-11,16H,1-3H3/i16D. The Morgan fingerprint density at radius 2 is 1.29 bits per heavy atom. The summed E-state index contributed by atoms with van der Waals surface area (Å²) in [5.41, 5.74) is 0. The molecule has 0 bridgehead atoms. The summed E-state index contributed by atoms with van der Waals surface area (Å²) in [5, 5.41) is 5.63. The Morgan fingerprint density at radius 3 is 1.76 bits per heavy atom. The Bertz CT molecular complexity index is 512. The van der Waals surface area contributed by atoms with Crippen molar-refractivity contribution in [2.24, 2.45) is 0 Å². The molecule has 2 aromatic carbocycles. The van der Waals surface area contributed by atoms with Crippen LogP contribution in [0.2, 0.25) is 19.6 Å². The zero-order valence-electron chi connectivity index (χ0n) is 11.6. The van der Waals surface area contributed by atoms with Crippen molar-refractivity contribution < 1.29 is 0 Å². The third-order valence-electron chi connectivity index (χ3n) is 4.01. The maximum absolute atomic E-state index is 8.93. The maximum atomic E-state index is 8.93. The smallest absolute Gasteiger partial charge is 0.0642 e. The summed E-state index contributed by atoms with van der Waals surface area (Å²) in [6, 6.07) is 17.4. The van der Waals surface area contributed by atoms with Gasteiger partial charge in [0.15, 0.2) is 0 Å². The summed E-state index contributed by atoms with van der Waals surface area (Å²) in [6.45, 7) is 6.98. The van der Waals surface area contributed by atoms with Gasteiger partial charge in [0.2, 0.25) is 0 Å². The Labute approximate surface area is 107 Å². The van der Waals surface area contributed by atoms with Gasteiger partial charge in [-0.1, -0.05) is 88.9 Å². The molecule has 0 saturated carbocycles. The van der Waals surface area contributed by atoms with Crippen LogP contribution in [0.3, 0.4) is 0 Å². The molecular formula is C15H18Si2. The fraction of sp³-hybridized carbons (Fsp3) is 0.200. The first-order valence-electron chi connectivity index (χ1n) is 6.65. The van der Waals surface area contributed by atoms with Crippen LogP contribution in [0.15, 0.2) is 48.5 Å². The van der Waals surface area contributed by atoms with Gasteiger partial charge in [0, 0.05) is 1.23 Å². The SMILES string of the molecule is [2H][Si]1(C)c2ccccc2[Si](C)(C)c2ccccc21. The summed E-state index contributed by atoms with van der Waals surface area (Å²) in [4.78, 5) is 0. The predicted molar refractivity (Wildman–Crippen MR) is 81.9 cm³/mol. The molecule has 3 rings (SSSR count). The van der Waals surface area contributed by atoms with Gasteiger partial charge in [-0.25, -0.2) is 0 Å². The first-order chi connectivity index (χ1) is 8.45. The molecule has 2 aromatic rings. The molecule has 0 saturated heterocycles. The number of benzene rings is 2. The van der Waals surface area contributed by atoms with Crippen LogP contribution in [-0.2, 0) is 0 Å². The molecule has 86 valence electrons. The molecule has 2 heteroatoms. The minimum absolute atomic E-state index is 1.33. The van der Waals surface area contributed by atoms with Gasteiger partial charge in [-0.3, -0.25) is 0 Å². The van der Waals surface area contributed by atoms with Gasteiger partial charge in [-0.2, -0.15) is 0 Å². The van der Waals surface area contributed by atoms with Crippen molar-refractivity contribution in [3.8, 4) is 0 Å². The van der Waals surface area contributed by atoms with E-state index in [1.165, 1.54) is 20.7 Å². The topological polar surface area (TPSA) is 0 Å². The number of fused-ring (bicyclic) bond motifs is 2. The number of hydrogen-bond acceptors (Lipinski definition) is 0. The summed E-state index contributed by atoms with van der Waals surface area (Å²) >= 11 is 0. The summed E-state index contributed by atoms with van der Waals surface area (Å²) < 4.78 is 8.93. The lowest BCUT2D eigenvalue weighted by atomic mass is 10.3. The summed E-state index contributed by atoms with van der Waals surface area (Å²) in [7, 11) is -3.84. The van der Waals surface area contributed by atoms with Crippen LogP contribution < -0.4 is 20.7 Å². The fourth-order valence-electron chi connectivity index (χ4n) is 3.00. The lowest BCUT2D eigenvalue weighted by molar-refractivity contribution is 1.68. The number of rotatable bonds is 0. The molecule has 0 unspecified atom stereocenters. The third-order valence-corrected chi connectivity index (χ3v) is 10.6. The molecular weight excluding hydrogens is 236 g/mol. The van der Waals surface area contributed by atoms with Gasteiger partial charge >= 0.3 is 0 Å². The van der Waals surface area contributed by atoms with E-state index in [1.54, 1.807) is 0 Å². The predicted octanol–water partition coefficient (Wildman–Crippen LogP) is 0.794. The van der Waals surface area contributed by atoms with E-state index in [2.05, 4.69) is 68.2 Å². The van der Waals surface area contributed by atoms with Crippen molar-refractivity contribution in [3.05, 3.63) is 48.5 Å². The highest BCUT2D eigenvalue weighted by atomic mass is 28.3. The average Bonchev–Trinajstić information content (AvgIpc) is 2.37. The summed E-state index contributed by atoms with van der Waals surface area (Å²) in [5.74, 6) is 0. The highest BCUT2D eigenvalue weighted by Crippen LogP contribution is 2.08. The third kappa shape index (κ3) is 1.48. The molecule has 0 fully saturated rings. The van der Waals surface area contributed by atoms with E-state index in [-0.39, 0.29) is 0 Å². The Balaban J connectivity index is 2.41. The molecule has 0 spiro atoms. The van der Waals surface area contributed by atoms with Crippen LogP contribution in [0.4, 0.5) is 0 Å². The van der Waals surface area contributed by atoms with E-state index in [0.29, 0.717) is 0 Å². The van der Waals surface area contributed by atoms with E-state index in [1.807, 2.05) is 0 Å². The molecule has 0 atom stereocenters. The highest BCUT2D eigenvalue weighted by molar-refractivity contribution is 7.10. The minimum Gasteiger partial charge on any atom is -0.0642 e. The second-order valence-electron chi connectivity index (χ2n) is 5.34. The van der Waals surface area contributed by atoms with Gasteiger partial charge in [0.1, 0.15) is 8.07 Å². The quantitative estimate of drug-likeness (QED) is 0.611. The van der Waals surface area contributed by atoms with Gasteiger partial charge in [-0.05, 0) is 0 Å². The van der Waals surface area contributed by atoms with Crippen LogP contribution >= 0.6 is 0 Å². The van der Waals surface area contributed by atoms with Gasteiger partial charge in [0.25, 0.3) is 0 Å². The zero-order valence-corrected chi connectivity index (χ0v) is 12.6. The Hall–Kier alpha value is -1.13. The van der Waals surface area contributed by atoms with Crippen LogP contribution in [0.5, 0.6) is 0 Å². The summed E-state index contributed by atoms with van der Waals surface area (Å²) in [6.07, 6.45) is 0. The van der Waals surface area contributed by atoms with E-state index >= 15 is 0 Å². The largest absolute Gasteiger partial charge is 0.111 e. The van der Waals surface area contributed by atoms with Crippen molar-refractivity contribution >= 4 is 37.5 Å². The van der Waals surface area contributed by atoms with Gasteiger partial charge in [0.05, 0.1) is 8.73 Å². The second kappa shape index (κ2) is 3.68. The molecule has 0 amide bonds. The Kier molecular flexibility index (Phi) is 2.14. The van der Waals surface area contributed by atoms with Gasteiger partial charge in [-0.15, -0.1) is 0 Å². The van der Waals surface area contributed by atoms with E-state index in [0.717, 1.165) is 0 Å². The van der Waals surface area contributed by atoms with Crippen LogP contribution in [0, 0.1) is 0 Å². The first kappa shape index (κ1) is 9.86. The van der Waals surface area contributed by atoms with Crippen LogP contribution in [-0.4, -0.2) is 18.0 Å². The molecule has 0 N–H and O–H groups in total. The molecule has 0 radical (unpaired) electrons. The molecule has 0 nitrogen and oxygen atoms in total. The monoisotopic (exact) mass is 255 g/mol. The lowest BCUT2D eigenvalue weighted by Gasteiger charge is -2.36. The second-order valence-corrected chi connectivity index (χ2v) is 12.0. The molecule has 0 aliphatic carbocycles. The first-order valence-corrected chi connectivity index (χ1v) is 11.2. The molecule has 0 aromatic heterocycles. The minimum atomic E-state index is -2.24. The van der Waals surface area contributed by atoms with Crippen LogP contribution in [0.25, 0.3) is 0 Å². The normalized spacial score (nSPS) is 20.1. The molecule has 1 heterocycles. The molecule has 1 aliphatic rings. The van der Waals surface area contributed by atoms with Crippen molar-refractivity contribution in [3.63, 3.8) is 0 Å².